The topological polar surface area (TPSA) is 12.0 Å². The molecule has 1 fully saturated rings. The predicted molar refractivity (Wildman–Crippen MR) is 62.0 cm³/mol. The summed E-state index contributed by atoms with van der Waals surface area (Å²) in [5.41, 5.74) is 0.483. The first-order chi connectivity index (χ1) is 6.60. The summed E-state index contributed by atoms with van der Waals surface area (Å²) in [4.78, 5) is 0. The fourth-order valence-corrected chi connectivity index (χ4v) is 2.38. The van der Waals surface area contributed by atoms with Gasteiger partial charge in [0.15, 0.2) is 0 Å². The molecule has 2 unspecified atom stereocenters. The SMILES string of the molecule is CC#CCC1CC(NC)CCC1(C)C. The number of nitrogens with one attached hydrogen (secondary N) is 1. The third-order valence-corrected chi connectivity index (χ3v) is 3.74. The summed E-state index contributed by atoms with van der Waals surface area (Å²) in [7, 11) is 2.07. The molecule has 1 saturated carbocycles. The zero-order chi connectivity index (χ0) is 10.6. The van der Waals surface area contributed by atoms with Crippen LogP contribution in [0.1, 0.15) is 46.5 Å². The largest absolute Gasteiger partial charge is 0.317 e. The van der Waals surface area contributed by atoms with Crippen LogP contribution >= 0.6 is 0 Å². The Kier molecular flexibility index (Phi) is 4.01. The molecule has 2 atom stereocenters. The molecule has 0 heterocycles. The second-order valence-corrected chi connectivity index (χ2v) is 5.08. The van der Waals surface area contributed by atoms with Gasteiger partial charge in [-0.05, 0) is 44.6 Å². The van der Waals surface area contributed by atoms with E-state index in [2.05, 4.69) is 38.1 Å². The van der Waals surface area contributed by atoms with Crippen molar-refractivity contribution in [3.8, 4) is 11.8 Å². The molecule has 0 aliphatic heterocycles. The Morgan fingerprint density at radius 2 is 2.14 bits per heavy atom. The smallest absolute Gasteiger partial charge is 0.0123 e. The average molecular weight is 193 g/mol. The van der Waals surface area contributed by atoms with Crippen molar-refractivity contribution in [2.75, 3.05) is 7.05 Å². The summed E-state index contributed by atoms with van der Waals surface area (Å²) >= 11 is 0. The Labute approximate surface area is 88.7 Å². The lowest BCUT2D eigenvalue weighted by Crippen LogP contribution is -2.39. The standard InChI is InChI=1S/C13H23N/c1-5-6-7-11-10-12(14-4)8-9-13(11,2)3/h11-12,14H,7-10H2,1-4H3. The molecule has 1 N–H and O–H groups in total. The molecule has 0 amide bonds. The van der Waals surface area contributed by atoms with Gasteiger partial charge in [-0.15, -0.1) is 11.8 Å². The molecule has 1 aliphatic rings. The highest BCUT2D eigenvalue weighted by Crippen LogP contribution is 2.42. The minimum absolute atomic E-state index is 0.483. The molecular weight excluding hydrogens is 170 g/mol. The fraction of sp³-hybridized carbons (Fsp3) is 0.846. The van der Waals surface area contributed by atoms with Crippen LogP contribution in [0.25, 0.3) is 0 Å². The van der Waals surface area contributed by atoms with Gasteiger partial charge in [0, 0.05) is 12.5 Å². The van der Waals surface area contributed by atoms with Crippen LogP contribution in [-0.2, 0) is 0 Å². The third-order valence-electron chi connectivity index (χ3n) is 3.74. The van der Waals surface area contributed by atoms with E-state index in [1.807, 2.05) is 6.92 Å². The summed E-state index contributed by atoms with van der Waals surface area (Å²) < 4.78 is 0. The highest BCUT2D eigenvalue weighted by atomic mass is 14.9. The van der Waals surface area contributed by atoms with Gasteiger partial charge in [-0.25, -0.2) is 0 Å². The van der Waals surface area contributed by atoms with Crippen LogP contribution in [0.4, 0.5) is 0 Å². The van der Waals surface area contributed by atoms with Gasteiger partial charge in [-0.3, -0.25) is 0 Å². The van der Waals surface area contributed by atoms with E-state index in [1.165, 1.54) is 19.3 Å². The van der Waals surface area contributed by atoms with E-state index in [-0.39, 0.29) is 0 Å². The van der Waals surface area contributed by atoms with E-state index < -0.39 is 0 Å². The molecule has 0 bridgehead atoms. The quantitative estimate of drug-likeness (QED) is 0.665. The Morgan fingerprint density at radius 1 is 1.43 bits per heavy atom. The highest BCUT2D eigenvalue weighted by molar-refractivity contribution is 5.01. The lowest BCUT2D eigenvalue weighted by Gasteiger charge is -2.41. The Balaban J connectivity index is 2.59. The maximum absolute atomic E-state index is 3.40. The van der Waals surface area contributed by atoms with Crippen LogP contribution in [0.15, 0.2) is 0 Å². The highest BCUT2D eigenvalue weighted by Gasteiger charge is 2.35. The number of rotatable bonds is 2. The maximum Gasteiger partial charge on any atom is 0.0123 e. The van der Waals surface area contributed by atoms with Gasteiger partial charge in [-0.2, -0.15) is 0 Å². The molecule has 0 radical (unpaired) electrons. The van der Waals surface area contributed by atoms with E-state index in [4.69, 9.17) is 0 Å². The van der Waals surface area contributed by atoms with Crippen LogP contribution < -0.4 is 5.32 Å². The van der Waals surface area contributed by atoms with Gasteiger partial charge < -0.3 is 5.32 Å². The molecule has 80 valence electrons. The van der Waals surface area contributed by atoms with Gasteiger partial charge >= 0.3 is 0 Å². The molecule has 1 rings (SSSR count). The molecular formula is C13H23N. The van der Waals surface area contributed by atoms with Crippen molar-refractivity contribution in [1.29, 1.82) is 0 Å². The lowest BCUT2D eigenvalue weighted by molar-refractivity contribution is 0.119. The summed E-state index contributed by atoms with van der Waals surface area (Å²) in [5, 5.41) is 3.40. The van der Waals surface area contributed by atoms with E-state index >= 15 is 0 Å². The van der Waals surface area contributed by atoms with Crippen molar-refractivity contribution in [1.82, 2.24) is 5.32 Å². The normalized spacial score (nSPS) is 30.6. The first-order valence-electron chi connectivity index (χ1n) is 5.67. The minimum atomic E-state index is 0.483. The van der Waals surface area contributed by atoms with Crippen LogP contribution in [0.3, 0.4) is 0 Å². The molecule has 0 saturated heterocycles. The van der Waals surface area contributed by atoms with Gasteiger partial charge in [-0.1, -0.05) is 13.8 Å². The molecule has 1 heteroatoms. The fourth-order valence-electron chi connectivity index (χ4n) is 2.38. The third kappa shape index (κ3) is 2.75. The minimum Gasteiger partial charge on any atom is -0.317 e. The van der Waals surface area contributed by atoms with Crippen molar-refractivity contribution >= 4 is 0 Å². The van der Waals surface area contributed by atoms with Crippen LogP contribution in [0, 0.1) is 23.2 Å². The molecule has 0 aromatic rings. The van der Waals surface area contributed by atoms with E-state index in [0.717, 1.165) is 12.3 Å². The summed E-state index contributed by atoms with van der Waals surface area (Å²) in [6.07, 6.45) is 5.01. The van der Waals surface area contributed by atoms with E-state index in [9.17, 15) is 0 Å². The molecule has 0 aromatic carbocycles. The van der Waals surface area contributed by atoms with E-state index in [0.29, 0.717) is 11.5 Å². The summed E-state index contributed by atoms with van der Waals surface area (Å²) in [6, 6.07) is 0.715. The van der Waals surface area contributed by atoms with Gasteiger partial charge in [0.25, 0.3) is 0 Å². The number of hydrogen-bond donors (Lipinski definition) is 1. The maximum atomic E-state index is 3.40. The van der Waals surface area contributed by atoms with Crippen LogP contribution in [-0.4, -0.2) is 13.1 Å². The Hall–Kier alpha value is -0.480. The second-order valence-electron chi connectivity index (χ2n) is 5.08. The first kappa shape index (κ1) is 11.6. The molecule has 0 spiro atoms. The monoisotopic (exact) mass is 193 g/mol. The summed E-state index contributed by atoms with van der Waals surface area (Å²) in [6.45, 7) is 6.72. The first-order valence-corrected chi connectivity index (χ1v) is 5.67. The molecule has 1 nitrogen and oxygen atoms in total. The van der Waals surface area contributed by atoms with Crippen molar-refractivity contribution in [2.45, 2.75) is 52.5 Å². The zero-order valence-electron chi connectivity index (χ0n) is 9.98. The second kappa shape index (κ2) is 4.84. The van der Waals surface area contributed by atoms with Gasteiger partial charge in [0.1, 0.15) is 0 Å². The van der Waals surface area contributed by atoms with Crippen LogP contribution in [0.2, 0.25) is 0 Å². The Bertz CT molecular complexity index is 231. The van der Waals surface area contributed by atoms with Crippen molar-refractivity contribution in [3.63, 3.8) is 0 Å². The molecule has 1 aliphatic carbocycles. The van der Waals surface area contributed by atoms with Gasteiger partial charge in [0.05, 0.1) is 0 Å². The van der Waals surface area contributed by atoms with E-state index in [1.54, 1.807) is 0 Å². The molecule has 0 aromatic heterocycles. The Morgan fingerprint density at radius 3 is 2.71 bits per heavy atom. The zero-order valence-corrected chi connectivity index (χ0v) is 9.98. The predicted octanol–water partition coefficient (Wildman–Crippen LogP) is 2.81. The number of hydrogen-bond acceptors (Lipinski definition) is 1. The van der Waals surface area contributed by atoms with Gasteiger partial charge in [0.2, 0.25) is 0 Å². The van der Waals surface area contributed by atoms with Crippen molar-refractivity contribution in [2.24, 2.45) is 11.3 Å². The van der Waals surface area contributed by atoms with Crippen LogP contribution in [0.5, 0.6) is 0 Å². The lowest BCUT2D eigenvalue weighted by atomic mass is 9.66. The summed E-state index contributed by atoms with van der Waals surface area (Å²) in [5.74, 6) is 7.02. The van der Waals surface area contributed by atoms with Crippen molar-refractivity contribution < 1.29 is 0 Å². The molecule has 14 heavy (non-hydrogen) atoms. The van der Waals surface area contributed by atoms with Crippen molar-refractivity contribution in [3.05, 3.63) is 0 Å². The average Bonchev–Trinajstić information content (AvgIpc) is 2.16.